The number of carbonyl (C=O) groups is 1. The first-order chi connectivity index (χ1) is 4.74. The standard InChI is InChI=1S/C7H8NO2/c1-5-3-6(8-4-5)7(9)10-2/h4,8H,1-2H3. The van der Waals surface area contributed by atoms with E-state index >= 15 is 0 Å². The third-order valence-corrected chi connectivity index (χ3v) is 1.14. The molecule has 0 aliphatic carbocycles. The zero-order valence-electron chi connectivity index (χ0n) is 5.89. The van der Waals surface area contributed by atoms with Gasteiger partial charge in [0.25, 0.3) is 0 Å². The van der Waals surface area contributed by atoms with E-state index in [-0.39, 0.29) is 5.97 Å². The Morgan fingerprint density at radius 1 is 1.80 bits per heavy atom. The molecule has 0 aliphatic rings. The minimum Gasteiger partial charge on any atom is -0.464 e. The van der Waals surface area contributed by atoms with Crippen molar-refractivity contribution in [1.82, 2.24) is 4.98 Å². The van der Waals surface area contributed by atoms with Crippen molar-refractivity contribution in [1.29, 1.82) is 0 Å². The van der Waals surface area contributed by atoms with E-state index in [9.17, 15) is 4.79 Å². The van der Waals surface area contributed by atoms with Gasteiger partial charge in [0.05, 0.1) is 7.11 Å². The first-order valence-corrected chi connectivity index (χ1v) is 2.89. The number of esters is 1. The molecule has 0 saturated carbocycles. The van der Waals surface area contributed by atoms with Crippen molar-refractivity contribution < 1.29 is 9.53 Å². The molecular formula is C7H8NO2. The second-order valence-electron chi connectivity index (χ2n) is 1.96. The Morgan fingerprint density at radius 2 is 2.50 bits per heavy atom. The molecule has 1 aromatic heterocycles. The fraction of sp³-hybridized carbons (Fsp3) is 0.286. The number of ether oxygens (including phenoxy) is 1. The molecule has 0 bridgehead atoms. The molecule has 3 heteroatoms. The van der Waals surface area contributed by atoms with Gasteiger partial charge >= 0.3 is 5.97 Å². The second kappa shape index (κ2) is 2.56. The summed E-state index contributed by atoms with van der Waals surface area (Å²) in [5.41, 5.74) is 1.28. The molecule has 0 fully saturated rings. The van der Waals surface area contributed by atoms with Gasteiger partial charge in [-0.25, -0.2) is 4.79 Å². The normalized spacial score (nSPS) is 9.40. The van der Waals surface area contributed by atoms with Crippen molar-refractivity contribution in [3.8, 4) is 0 Å². The van der Waals surface area contributed by atoms with Crippen molar-refractivity contribution >= 4 is 5.97 Å². The van der Waals surface area contributed by atoms with Gasteiger partial charge in [-0.15, -0.1) is 0 Å². The molecule has 53 valence electrons. The molecular weight excluding hydrogens is 130 g/mol. The lowest BCUT2D eigenvalue weighted by molar-refractivity contribution is 0.0594. The van der Waals surface area contributed by atoms with Crippen LogP contribution in [-0.2, 0) is 4.74 Å². The molecule has 10 heavy (non-hydrogen) atoms. The Labute approximate surface area is 59.0 Å². The minimum atomic E-state index is -0.381. The smallest absolute Gasteiger partial charge is 0.355 e. The van der Waals surface area contributed by atoms with Gasteiger partial charge in [0, 0.05) is 12.3 Å². The van der Waals surface area contributed by atoms with Gasteiger partial charge in [0.1, 0.15) is 5.69 Å². The molecule has 1 radical (unpaired) electrons. The fourth-order valence-electron chi connectivity index (χ4n) is 0.662. The monoisotopic (exact) mass is 138 g/mol. The fourth-order valence-corrected chi connectivity index (χ4v) is 0.662. The topological polar surface area (TPSA) is 42.1 Å². The summed E-state index contributed by atoms with van der Waals surface area (Å²) in [5.74, 6) is -0.381. The number of hydrogen-bond donors (Lipinski definition) is 1. The summed E-state index contributed by atoms with van der Waals surface area (Å²) in [4.78, 5) is 13.5. The van der Waals surface area contributed by atoms with Gasteiger partial charge in [-0.3, -0.25) is 0 Å². The minimum absolute atomic E-state index is 0.375. The van der Waals surface area contributed by atoms with Crippen LogP contribution >= 0.6 is 0 Å². The zero-order valence-corrected chi connectivity index (χ0v) is 5.89. The molecule has 1 aromatic rings. The number of aromatic amines is 1. The molecule has 0 aliphatic heterocycles. The largest absolute Gasteiger partial charge is 0.464 e. The summed E-state index contributed by atoms with van der Waals surface area (Å²) in [6.07, 6.45) is 1.70. The van der Waals surface area contributed by atoms with Crippen LogP contribution in [0.3, 0.4) is 0 Å². The van der Waals surface area contributed by atoms with E-state index in [0.717, 1.165) is 5.56 Å². The lowest BCUT2D eigenvalue weighted by Gasteiger charge is -1.91. The SMILES string of the molecule is COC(=O)c1[c]c(C)c[nH]1. The van der Waals surface area contributed by atoms with Crippen LogP contribution in [0.15, 0.2) is 6.20 Å². The number of rotatable bonds is 1. The maximum Gasteiger partial charge on any atom is 0.355 e. The highest BCUT2D eigenvalue weighted by molar-refractivity contribution is 5.87. The lowest BCUT2D eigenvalue weighted by atomic mass is 10.3. The van der Waals surface area contributed by atoms with E-state index in [1.165, 1.54) is 7.11 Å². The van der Waals surface area contributed by atoms with Crippen LogP contribution in [0.1, 0.15) is 16.1 Å². The molecule has 0 amide bonds. The molecule has 0 saturated heterocycles. The maximum atomic E-state index is 10.7. The van der Waals surface area contributed by atoms with E-state index in [0.29, 0.717) is 5.69 Å². The average Bonchev–Trinajstić information content (AvgIpc) is 2.34. The highest BCUT2D eigenvalue weighted by Gasteiger charge is 2.05. The third kappa shape index (κ3) is 1.18. The van der Waals surface area contributed by atoms with Gasteiger partial charge in [-0.05, 0) is 12.5 Å². The van der Waals surface area contributed by atoms with Crippen molar-refractivity contribution in [2.75, 3.05) is 7.11 Å². The number of nitrogens with one attached hydrogen (secondary N) is 1. The van der Waals surface area contributed by atoms with Gasteiger partial charge in [-0.1, -0.05) is 0 Å². The van der Waals surface area contributed by atoms with Crippen LogP contribution in [0.2, 0.25) is 0 Å². The molecule has 1 N–H and O–H groups in total. The van der Waals surface area contributed by atoms with Crippen LogP contribution in [0.25, 0.3) is 0 Å². The number of hydrogen-bond acceptors (Lipinski definition) is 2. The van der Waals surface area contributed by atoms with Gasteiger partial charge in [0.15, 0.2) is 0 Å². The summed E-state index contributed by atoms with van der Waals surface area (Å²) in [5, 5.41) is 0. The van der Waals surface area contributed by atoms with Crippen LogP contribution < -0.4 is 0 Å². The summed E-state index contributed by atoms with van der Waals surface area (Å²) < 4.78 is 4.45. The Balaban J connectivity index is 2.85. The van der Waals surface area contributed by atoms with Crippen molar-refractivity contribution in [3.05, 3.63) is 23.5 Å². The van der Waals surface area contributed by atoms with E-state index in [1.54, 1.807) is 6.20 Å². The van der Waals surface area contributed by atoms with Crippen molar-refractivity contribution in [3.63, 3.8) is 0 Å². The average molecular weight is 138 g/mol. The predicted molar refractivity (Wildman–Crippen MR) is 35.7 cm³/mol. The van der Waals surface area contributed by atoms with Crippen LogP contribution in [0.4, 0.5) is 0 Å². The quantitative estimate of drug-likeness (QED) is 0.586. The number of aryl methyl sites for hydroxylation is 1. The van der Waals surface area contributed by atoms with Crippen LogP contribution in [0.5, 0.6) is 0 Å². The summed E-state index contributed by atoms with van der Waals surface area (Å²) >= 11 is 0. The number of H-pyrrole nitrogens is 1. The Bertz CT molecular complexity index is 240. The van der Waals surface area contributed by atoms with E-state index in [2.05, 4.69) is 15.8 Å². The summed E-state index contributed by atoms with van der Waals surface area (Å²) in [6, 6.07) is 2.80. The highest BCUT2D eigenvalue weighted by Crippen LogP contribution is 2.00. The van der Waals surface area contributed by atoms with E-state index < -0.39 is 0 Å². The summed E-state index contributed by atoms with van der Waals surface area (Å²) in [7, 11) is 1.34. The van der Waals surface area contributed by atoms with Gasteiger partial charge in [-0.2, -0.15) is 0 Å². The van der Waals surface area contributed by atoms with Crippen molar-refractivity contribution in [2.45, 2.75) is 6.92 Å². The zero-order chi connectivity index (χ0) is 7.56. The summed E-state index contributed by atoms with van der Waals surface area (Å²) in [6.45, 7) is 1.85. The van der Waals surface area contributed by atoms with Gasteiger partial charge in [0.2, 0.25) is 0 Å². The van der Waals surface area contributed by atoms with Gasteiger partial charge < -0.3 is 9.72 Å². The Hall–Kier alpha value is -1.25. The molecule has 0 atom stereocenters. The Morgan fingerprint density at radius 3 is 2.90 bits per heavy atom. The highest BCUT2D eigenvalue weighted by atomic mass is 16.5. The molecule has 1 rings (SSSR count). The van der Waals surface area contributed by atoms with Crippen LogP contribution in [-0.4, -0.2) is 18.1 Å². The predicted octanol–water partition coefficient (Wildman–Crippen LogP) is 0.910. The first-order valence-electron chi connectivity index (χ1n) is 2.89. The van der Waals surface area contributed by atoms with E-state index in [4.69, 9.17) is 0 Å². The lowest BCUT2D eigenvalue weighted by Crippen LogP contribution is -2.00. The van der Waals surface area contributed by atoms with E-state index in [1.807, 2.05) is 6.92 Å². The maximum absolute atomic E-state index is 10.7. The number of methoxy groups -OCH3 is 1. The third-order valence-electron chi connectivity index (χ3n) is 1.14. The number of carbonyl (C=O) groups excluding carboxylic acids is 1. The first kappa shape index (κ1) is 6.86. The Kier molecular flexibility index (Phi) is 1.76. The molecule has 0 spiro atoms. The molecule has 0 unspecified atom stereocenters. The van der Waals surface area contributed by atoms with Crippen LogP contribution in [0, 0.1) is 13.0 Å². The number of aromatic nitrogens is 1. The van der Waals surface area contributed by atoms with Crippen molar-refractivity contribution in [2.24, 2.45) is 0 Å². The molecule has 0 aromatic carbocycles. The second-order valence-corrected chi connectivity index (χ2v) is 1.96. The molecule has 1 heterocycles. The molecule has 3 nitrogen and oxygen atoms in total.